The number of aromatic nitrogens is 1. The van der Waals surface area contributed by atoms with E-state index in [4.69, 9.17) is 0 Å². The van der Waals surface area contributed by atoms with Crippen molar-refractivity contribution in [1.29, 1.82) is 0 Å². The third-order valence-electron chi connectivity index (χ3n) is 4.81. The lowest BCUT2D eigenvalue weighted by molar-refractivity contribution is 0.0568. The van der Waals surface area contributed by atoms with Gasteiger partial charge in [-0.1, -0.05) is 6.07 Å². The highest BCUT2D eigenvalue weighted by Crippen LogP contribution is 2.36. The van der Waals surface area contributed by atoms with Crippen LogP contribution in [0.15, 0.2) is 24.4 Å². The number of carbonyl (C=O) groups is 1. The van der Waals surface area contributed by atoms with Crippen molar-refractivity contribution in [2.75, 3.05) is 26.2 Å². The zero-order valence-electron chi connectivity index (χ0n) is 11.0. The number of piperidine rings is 2. The van der Waals surface area contributed by atoms with Crippen LogP contribution in [0.25, 0.3) is 0 Å². The van der Waals surface area contributed by atoms with Crippen LogP contribution in [0.1, 0.15) is 23.3 Å². The Morgan fingerprint density at radius 1 is 1.11 bits per heavy atom. The van der Waals surface area contributed by atoms with Crippen LogP contribution in [0.3, 0.4) is 0 Å². The van der Waals surface area contributed by atoms with Crippen molar-refractivity contribution in [3.63, 3.8) is 0 Å². The quantitative estimate of drug-likeness (QED) is 0.759. The van der Waals surface area contributed by atoms with Crippen LogP contribution in [0.2, 0.25) is 0 Å². The molecule has 0 saturated carbocycles. The minimum atomic E-state index is 0.125. The normalized spacial score (nSPS) is 36.3. The van der Waals surface area contributed by atoms with E-state index in [0.717, 1.165) is 19.0 Å². The van der Waals surface area contributed by atoms with Gasteiger partial charge in [0.05, 0.1) is 0 Å². The van der Waals surface area contributed by atoms with Crippen LogP contribution >= 0.6 is 0 Å². The van der Waals surface area contributed by atoms with E-state index in [1.54, 1.807) is 6.20 Å². The van der Waals surface area contributed by atoms with Crippen molar-refractivity contribution in [3.8, 4) is 0 Å². The summed E-state index contributed by atoms with van der Waals surface area (Å²) in [6.07, 6.45) is 4.20. The third kappa shape index (κ3) is 1.94. The molecule has 5 rings (SSSR count). The third-order valence-corrected chi connectivity index (χ3v) is 4.81. The van der Waals surface area contributed by atoms with Gasteiger partial charge in [-0.15, -0.1) is 0 Å². The van der Waals surface area contributed by atoms with Crippen molar-refractivity contribution in [1.82, 2.24) is 14.8 Å². The minimum absolute atomic E-state index is 0.125. The predicted molar refractivity (Wildman–Crippen MR) is 71.7 cm³/mol. The van der Waals surface area contributed by atoms with E-state index in [9.17, 15) is 4.79 Å². The Morgan fingerprint density at radius 3 is 2.79 bits per heavy atom. The van der Waals surface area contributed by atoms with E-state index in [1.807, 2.05) is 18.2 Å². The molecular formula is C15H19N3O. The van der Waals surface area contributed by atoms with Gasteiger partial charge in [-0.25, -0.2) is 0 Å². The second kappa shape index (κ2) is 4.30. The van der Waals surface area contributed by atoms with Crippen molar-refractivity contribution >= 4 is 5.91 Å². The summed E-state index contributed by atoms with van der Waals surface area (Å²) < 4.78 is 0. The number of amides is 1. The number of hydrogen-bond acceptors (Lipinski definition) is 3. The lowest BCUT2D eigenvalue weighted by Gasteiger charge is -2.41. The highest BCUT2D eigenvalue weighted by Gasteiger charge is 2.43. The number of fused-ring (bicyclic) bond motifs is 1. The van der Waals surface area contributed by atoms with Crippen LogP contribution in [0, 0.1) is 11.8 Å². The Bertz CT molecular complexity index is 475. The first-order chi connectivity index (χ1) is 9.29. The summed E-state index contributed by atoms with van der Waals surface area (Å²) in [5.41, 5.74) is 0.596. The average molecular weight is 257 g/mol. The van der Waals surface area contributed by atoms with Crippen LogP contribution < -0.4 is 0 Å². The fourth-order valence-corrected chi connectivity index (χ4v) is 4.17. The summed E-state index contributed by atoms with van der Waals surface area (Å²) in [5, 5.41) is 0. The molecule has 4 atom stereocenters. The molecule has 1 aromatic heterocycles. The molecule has 4 aliphatic rings. The van der Waals surface area contributed by atoms with Gasteiger partial charge in [0.15, 0.2) is 0 Å². The summed E-state index contributed by atoms with van der Waals surface area (Å²) in [5.74, 6) is 1.60. The minimum Gasteiger partial charge on any atom is -0.333 e. The fraction of sp³-hybridized carbons (Fsp3) is 0.600. The average Bonchev–Trinajstić information content (AvgIpc) is 2.63. The summed E-state index contributed by atoms with van der Waals surface area (Å²) in [6.45, 7) is 4.41. The van der Waals surface area contributed by atoms with Crippen LogP contribution in [-0.2, 0) is 0 Å². The Labute approximate surface area is 113 Å². The first kappa shape index (κ1) is 11.4. The maximum atomic E-state index is 12.7. The molecule has 4 bridgehead atoms. The SMILES string of the molecule is O=C(c1ccccn1)N1CC2CC3CC1CN(C3)C2. The van der Waals surface area contributed by atoms with Gasteiger partial charge in [-0.3, -0.25) is 9.78 Å². The zero-order valence-corrected chi connectivity index (χ0v) is 11.0. The summed E-state index contributed by atoms with van der Waals surface area (Å²) in [4.78, 5) is 21.5. The van der Waals surface area contributed by atoms with Gasteiger partial charge in [0.25, 0.3) is 5.91 Å². The van der Waals surface area contributed by atoms with Crippen LogP contribution in [0.5, 0.6) is 0 Å². The number of rotatable bonds is 1. The molecule has 4 fully saturated rings. The topological polar surface area (TPSA) is 36.4 Å². The van der Waals surface area contributed by atoms with Crippen molar-refractivity contribution in [2.45, 2.75) is 18.9 Å². The fourth-order valence-electron chi connectivity index (χ4n) is 4.17. The second-order valence-electron chi connectivity index (χ2n) is 6.25. The van der Waals surface area contributed by atoms with E-state index in [1.165, 1.54) is 25.9 Å². The largest absolute Gasteiger partial charge is 0.333 e. The monoisotopic (exact) mass is 257 g/mol. The molecule has 0 aromatic carbocycles. The molecule has 19 heavy (non-hydrogen) atoms. The molecule has 1 amide bonds. The first-order valence-electron chi connectivity index (χ1n) is 7.24. The van der Waals surface area contributed by atoms with Gasteiger partial charge in [-0.2, -0.15) is 0 Å². The summed E-state index contributed by atoms with van der Waals surface area (Å²) in [7, 11) is 0. The molecule has 5 heterocycles. The van der Waals surface area contributed by atoms with Gasteiger partial charge in [0.1, 0.15) is 5.69 Å². The maximum absolute atomic E-state index is 12.7. The molecule has 0 aliphatic carbocycles. The Hall–Kier alpha value is -1.42. The van der Waals surface area contributed by atoms with Crippen LogP contribution in [-0.4, -0.2) is 52.9 Å². The molecule has 0 radical (unpaired) electrons. The van der Waals surface area contributed by atoms with Crippen molar-refractivity contribution in [2.24, 2.45) is 11.8 Å². The van der Waals surface area contributed by atoms with E-state index in [0.29, 0.717) is 17.7 Å². The molecular weight excluding hydrogens is 238 g/mol. The van der Waals surface area contributed by atoms with Crippen molar-refractivity contribution in [3.05, 3.63) is 30.1 Å². The van der Waals surface area contributed by atoms with E-state index in [-0.39, 0.29) is 5.91 Å². The summed E-state index contributed by atoms with van der Waals surface area (Å²) >= 11 is 0. The lowest BCUT2D eigenvalue weighted by Crippen LogP contribution is -2.50. The molecule has 4 aliphatic heterocycles. The van der Waals surface area contributed by atoms with E-state index >= 15 is 0 Å². The van der Waals surface area contributed by atoms with E-state index < -0.39 is 0 Å². The molecule has 100 valence electrons. The molecule has 1 aromatic rings. The van der Waals surface area contributed by atoms with Gasteiger partial charge in [0.2, 0.25) is 0 Å². The number of hydrogen-bond donors (Lipinski definition) is 0. The first-order valence-corrected chi connectivity index (χ1v) is 7.24. The van der Waals surface area contributed by atoms with Gasteiger partial charge in [0, 0.05) is 38.4 Å². The van der Waals surface area contributed by atoms with Gasteiger partial charge < -0.3 is 9.80 Å². The molecule has 0 N–H and O–H groups in total. The Morgan fingerprint density at radius 2 is 2.00 bits per heavy atom. The second-order valence-corrected chi connectivity index (χ2v) is 6.25. The number of nitrogens with zero attached hydrogens (tertiary/aromatic N) is 3. The number of carbonyl (C=O) groups excluding carboxylic acids is 1. The molecule has 4 unspecified atom stereocenters. The van der Waals surface area contributed by atoms with Gasteiger partial charge in [-0.05, 0) is 36.8 Å². The molecule has 4 nitrogen and oxygen atoms in total. The van der Waals surface area contributed by atoms with Crippen LogP contribution in [0.4, 0.5) is 0 Å². The molecule has 4 heteroatoms. The molecule has 4 saturated heterocycles. The lowest BCUT2D eigenvalue weighted by atomic mass is 9.84. The number of pyridine rings is 1. The standard InChI is InChI=1S/C15H19N3O/c19-15(14-3-1-2-4-16-14)18-9-12-5-11-6-13(18)10-17(7-11)8-12/h1-4,11-13H,5-10H2. The Kier molecular flexibility index (Phi) is 2.58. The highest BCUT2D eigenvalue weighted by atomic mass is 16.2. The Balaban J connectivity index is 1.63. The molecule has 0 spiro atoms. The highest BCUT2D eigenvalue weighted by molar-refractivity contribution is 5.92. The zero-order chi connectivity index (χ0) is 12.8. The smallest absolute Gasteiger partial charge is 0.272 e. The predicted octanol–water partition coefficient (Wildman–Crippen LogP) is 1.25. The van der Waals surface area contributed by atoms with Gasteiger partial charge >= 0.3 is 0 Å². The van der Waals surface area contributed by atoms with E-state index in [2.05, 4.69) is 14.8 Å². The van der Waals surface area contributed by atoms with Crippen molar-refractivity contribution < 1.29 is 4.79 Å². The summed E-state index contributed by atoms with van der Waals surface area (Å²) in [6, 6.07) is 5.99. The maximum Gasteiger partial charge on any atom is 0.272 e.